The molecule has 188 valence electrons. The molecular weight excluding hydrogens is 478 g/mol. The van der Waals surface area contributed by atoms with Crippen molar-refractivity contribution < 1.29 is 4.74 Å². The average Bonchev–Trinajstić information content (AvgIpc) is 3.39. The molecule has 0 saturated heterocycles. The van der Waals surface area contributed by atoms with Gasteiger partial charge in [0.25, 0.3) is 0 Å². The molecule has 4 heteroatoms. The minimum absolute atomic E-state index is 0.768. The fourth-order valence-corrected chi connectivity index (χ4v) is 5.77. The Labute approximate surface area is 227 Å². The van der Waals surface area contributed by atoms with Crippen LogP contribution in [0.2, 0.25) is 0 Å². The number of para-hydroxylation sites is 1. The SMILES string of the molecule is Cc1cc(C)c(-c2cn3c4ccccc4c4ccc(Oc5cccc(-c6ccccn6)c5)cc4c3n2)c(C)c1. The first-order valence-electron chi connectivity index (χ1n) is 13.2. The highest BCUT2D eigenvalue weighted by molar-refractivity contribution is 6.12. The Kier molecular flexibility index (Phi) is 5.41. The molecule has 7 aromatic rings. The van der Waals surface area contributed by atoms with Crippen LogP contribution in [0.25, 0.3) is 49.8 Å². The average molecular weight is 506 g/mol. The predicted octanol–water partition coefficient (Wildman–Crippen LogP) is 9.09. The van der Waals surface area contributed by atoms with Gasteiger partial charge in [0.15, 0.2) is 0 Å². The van der Waals surface area contributed by atoms with E-state index in [-0.39, 0.29) is 0 Å². The molecule has 0 bridgehead atoms. The van der Waals surface area contributed by atoms with Crippen LogP contribution in [0.1, 0.15) is 16.7 Å². The maximum Gasteiger partial charge on any atom is 0.146 e. The fraction of sp³-hybridized carbons (Fsp3) is 0.0857. The number of imidazole rings is 1. The van der Waals surface area contributed by atoms with E-state index in [1.54, 1.807) is 6.20 Å². The van der Waals surface area contributed by atoms with Crippen molar-refractivity contribution in [3.8, 4) is 34.0 Å². The fourth-order valence-electron chi connectivity index (χ4n) is 5.77. The molecule has 0 atom stereocenters. The number of hydrogen-bond donors (Lipinski definition) is 0. The Morgan fingerprint density at radius 1 is 0.641 bits per heavy atom. The molecule has 0 saturated carbocycles. The normalized spacial score (nSPS) is 11.5. The molecule has 0 N–H and O–H groups in total. The number of aryl methyl sites for hydroxylation is 3. The number of aromatic nitrogens is 3. The lowest BCUT2D eigenvalue weighted by Gasteiger charge is -2.11. The van der Waals surface area contributed by atoms with Crippen molar-refractivity contribution in [3.63, 3.8) is 0 Å². The molecule has 0 fully saturated rings. The summed E-state index contributed by atoms with van der Waals surface area (Å²) in [6.45, 7) is 6.48. The Morgan fingerprint density at radius 3 is 2.26 bits per heavy atom. The number of benzene rings is 4. The van der Waals surface area contributed by atoms with Gasteiger partial charge in [-0.05, 0) is 85.8 Å². The van der Waals surface area contributed by atoms with Gasteiger partial charge in [-0.15, -0.1) is 0 Å². The summed E-state index contributed by atoms with van der Waals surface area (Å²) in [5.41, 5.74) is 9.91. The summed E-state index contributed by atoms with van der Waals surface area (Å²) in [5.74, 6) is 1.54. The zero-order valence-corrected chi connectivity index (χ0v) is 22.1. The van der Waals surface area contributed by atoms with E-state index in [0.29, 0.717) is 0 Å². The number of rotatable bonds is 4. The third kappa shape index (κ3) is 4.02. The van der Waals surface area contributed by atoms with E-state index < -0.39 is 0 Å². The van der Waals surface area contributed by atoms with E-state index in [1.807, 2.05) is 48.5 Å². The Bertz CT molecular complexity index is 2000. The van der Waals surface area contributed by atoms with E-state index >= 15 is 0 Å². The molecule has 0 aliphatic rings. The van der Waals surface area contributed by atoms with Gasteiger partial charge in [-0.3, -0.25) is 9.38 Å². The first-order chi connectivity index (χ1) is 19.0. The third-order valence-corrected chi connectivity index (χ3v) is 7.36. The van der Waals surface area contributed by atoms with Crippen molar-refractivity contribution in [2.75, 3.05) is 0 Å². The quantitative estimate of drug-likeness (QED) is 0.224. The van der Waals surface area contributed by atoms with E-state index in [2.05, 4.69) is 84.9 Å². The van der Waals surface area contributed by atoms with E-state index in [4.69, 9.17) is 9.72 Å². The second-order valence-electron chi connectivity index (χ2n) is 10.2. The van der Waals surface area contributed by atoms with Crippen molar-refractivity contribution in [3.05, 3.63) is 126 Å². The van der Waals surface area contributed by atoms with Gasteiger partial charge in [0.05, 0.1) is 16.9 Å². The van der Waals surface area contributed by atoms with Crippen LogP contribution in [0.3, 0.4) is 0 Å². The van der Waals surface area contributed by atoms with E-state index in [1.165, 1.54) is 27.6 Å². The van der Waals surface area contributed by atoms with Crippen molar-refractivity contribution >= 4 is 27.3 Å². The lowest BCUT2D eigenvalue weighted by atomic mass is 9.98. The van der Waals surface area contributed by atoms with Crippen molar-refractivity contribution in [1.82, 2.24) is 14.4 Å². The van der Waals surface area contributed by atoms with E-state index in [0.717, 1.165) is 50.4 Å². The Balaban J connectivity index is 1.40. The monoisotopic (exact) mass is 505 g/mol. The lowest BCUT2D eigenvalue weighted by molar-refractivity contribution is 0.483. The molecule has 3 heterocycles. The van der Waals surface area contributed by atoms with Gasteiger partial charge in [0.1, 0.15) is 17.1 Å². The van der Waals surface area contributed by atoms with Gasteiger partial charge in [-0.25, -0.2) is 4.98 Å². The maximum atomic E-state index is 6.39. The van der Waals surface area contributed by atoms with Crippen molar-refractivity contribution in [1.29, 1.82) is 0 Å². The van der Waals surface area contributed by atoms with Crippen LogP contribution in [0.5, 0.6) is 11.5 Å². The third-order valence-electron chi connectivity index (χ3n) is 7.36. The van der Waals surface area contributed by atoms with Crippen LogP contribution in [0.15, 0.2) is 109 Å². The number of pyridine rings is 2. The number of fused-ring (bicyclic) bond motifs is 6. The second-order valence-corrected chi connectivity index (χ2v) is 10.2. The summed E-state index contributed by atoms with van der Waals surface area (Å²) < 4.78 is 8.61. The first kappa shape index (κ1) is 23.2. The molecule has 39 heavy (non-hydrogen) atoms. The topological polar surface area (TPSA) is 39.4 Å². The molecular formula is C35H27N3O. The molecule has 0 spiro atoms. The van der Waals surface area contributed by atoms with Gasteiger partial charge < -0.3 is 4.74 Å². The minimum Gasteiger partial charge on any atom is -0.457 e. The summed E-state index contributed by atoms with van der Waals surface area (Å²) in [7, 11) is 0. The predicted molar refractivity (Wildman–Crippen MR) is 160 cm³/mol. The van der Waals surface area contributed by atoms with Gasteiger partial charge in [0.2, 0.25) is 0 Å². The van der Waals surface area contributed by atoms with E-state index in [9.17, 15) is 0 Å². The summed E-state index contributed by atoms with van der Waals surface area (Å²) in [5, 5.41) is 3.40. The zero-order valence-electron chi connectivity index (χ0n) is 22.1. The van der Waals surface area contributed by atoms with Crippen LogP contribution in [0, 0.1) is 20.8 Å². The molecule has 4 nitrogen and oxygen atoms in total. The largest absolute Gasteiger partial charge is 0.457 e. The molecule has 0 unspecified atom stereocenters. The molecule has 0 amide bonds. The van der Waals surface area contributed by atoms with Crippen LogP contribution >= 0.6 is 0 Å². The smallest absolute Gasteiger partial charge is 0.146 e. The molecule has 7 rings (SSSR count). The van der Waals surface area contributed by atoms with Gasteiger partial charge in [-0.2, -0.15) is 0 Å². The summed E-state index contributed by atoms with van der Waals surface area (Å²) in [6.07, 6.45) is 3.98. The summed E-state index contributed by atoms with van der Waals surface area (Å²) >= 11 is 0. The zero-order chi connectivity index (χ0) is 26.5. The van der Waals surface area contributed by atoms with Gasteiger partial charge in [0, 0.05) is 34.3 Å². The molecule has 0 aliphatic heterocycles. The first-order valence-corrected chi connectivity index (χ1v) is 13.2. The highest BCUT2D eigenvalue weighted by atomic mass is 16.5. The summed E-state index contributed by atoms with van der Waals surface area (Å²) in [6, 6.07) is 33.2. The number of hydrogen-bond acceptors (Lipinski definition) is 3. The van der Waals surface area contributed by atoms with Crippen molar-refractivity contribution in [2.45, 2.75) is 20.8 Å². The highest BCUT2D eigenvalue weighted by Crippen LogP contribution is 2.36. The van der Waals surface area contributed by atoms with Gasteiger partial charge in [-0.1, -0.05) is 54.1 Å². The molecule has 4 aromatic carbocycles. The standard InChI is InChI=1S/C35H27N3O/c1-22-17-23(2)34(24(3)18-22)32-21-38-33-13-5-4-11-29(33)28-15-14-27(20-30(28)35(38)37-32)39-26-10-8-9-25(19-26)31-12-6-7-16-36-31/h4-21H,1-3H3. The Morgan fingerprint density at radius 2 is 1.44 bits per heavy atom. The van der Waals surface area contributed by atoms with Crippen molar-refractivity contribution in [2.24, 2.45) is 0 Å². The minimum atomic E-state index is 0.768. The molecule has 0 radical (unpaired) electrons. The van der Waals surface area contributed by atoms with Gasteiger partial charge >= 0.3 is 0 Å². The second kappa shape index (κ2) is 9.10. The Hall–Kier alpha value is -4.96. The molecule has 3 aromatic heterocycles. The van der Waals surface area contributed by atoms with Crippen LogP contribution in [-0.4, -0.2) is 14.4 Å². The highest BCUT2D eigenvalue weighted by Gasteiger charge is 2.16. The number of nitrogens with zero attached hydrogens (tertiary/aromatic N) is 3. The maximum absolute atomic E-state index is 6.39. The summed E-state index contributed by atoms with van der Waals surface area (Å²) in [4.78, 5) is 9.69. The van der Waals surface area contributed by atoms with Crippen LogP contribution in [0.4, 0.5) is 0 Å². The molecule has 0 aliphatic carbocycles. The number of ether oxygens (including phenoxy) is 1. The van der Waals surface area contributed by atoms with Crippen LogP contribution < -0.4 is 4.74 Å². The van der Waals surface area contributed by atoms with Crippen LogP contribution in [-0.2, 0) is 0 Å². The lowest BCUT2D eigenvalue weighted by Crippen LogP contribution is -1.91.